The van der Waals surface area contributed by atoms with Crippen LogP contribution in [0.1, 0.15) is 33.3 Å². The van der Waals surface area contributed by atoms with E-state index < -0.39 is 5.41 Å². The largest absolute Gasteiger partial charge is 0.360 e. The van der Waals surface area contributed by atoms with Crippen LogP contribution in [0.5, 0.6) is 0 Å². The molecule has 1 rings (SSSR count). The van der Waals surface area contributed by atoms with Gasteiger partial charge in [0.2, 0.25) is 5.91 Å². The molecule has 0 saturated heterocycles. The van der Waals surface area contributed by atoms with Crippen molar-refractivity contribution in [3.05, 3.63) is 35.9 Å². The summed E-state index contributed by atoms with van der Waals surface area (Å²) < 4.78 is 0. The molecule has 4 heteroatoms. The third kappa shape index (κ3) is 3.81. The van der Waals surface area contributed by atoms with E-state index in [0.29, 0.717) is 5.11 Å². The molecule has 0 aliphatic carbocycles. The van der Waals surface area contributed by atoms with Crippen LogP contribution >= 0.6 is 12.2 Å². The molecule has 1 aromatic carbocycles. The summed E-state index contributed by atoms with van der Waals surface area (Å²) in [6.07, 6.45) is 0. The number of hydrogen-bond acceptors (Lipinski definition) is 2. The van der Waals surface area contributed by atoms with E-state index in [4.69, 9.17) is 12.2 Å². The van der Waals surface area contributed by atoms with Gasteiger partial charge in [-0.15, -0.1) is 0 Å². The molecule has 0 bridgehead atoms. The molecule has 0 heterocycles. The Bertz CT molecular complexity index is 427. The Labute approximate surface area is 114 Å². The standard InChI is InChI=1S/C14H20N2OS/c1-10(2)15-13(18)16-12(17)14(3,4)11-8-6-5-7-9-11/h5-10H,1-4H3,(H2,15,16,17,18). The van der Waals surface area contributed by atoms with Crippen molar-refractivity contribution in [1.82, 2.24) is 10.6 Å². The second kappa shape index (κ2) is 5.96. The van der Waals surface area contributed by atoms with Gasteiger partial charge >= 0.3 is 0 Å². The minimum Gasteiger partial charge on any atom is -0.360 e. The van der Waals surface area contributed by atoms with E-state index in [1.807, 2.05) is 58.0 Å². The zero-order valence-corrected chi connectivity index (χ0v) is 12.1. The molecule has 1 aromatic rings. The normalized spacial score (nSPS) is 11.2. The molecule has 98 valence electrons. The Balaban J connectivity index is 2.74. The summed E-state index contributed by atoms with van der Waals surface area (Å²) in [5.41, 5.74) is 0.360. The molecule has 0 fully saturated rings. The highest BCUT2D eigenvalue weighted by Gasteiger charge is 2.30. The molecule has 0 aliphatic heterocycles. The van der Waals surface area contributed by atoms with Crippen LogP contribution in [0.2, 0.25) is 0 Å². The topological polar surface area (TPSA) is 41.1 Å². The van der Waals surface area contributed by atoms with E-state index in [0.717, 1.165) is 5.56 Å². The predicted molar refractivity (Wildman–Crippen MR) is 78.5 cm³/mol. The number of benzene rings is 1. The maximum atomic E-state index is 12.2. The van der Waals surface area contributed by atoms with Crippen LogP contribution in [-0.4, -0.2) is 17.1 Å². The summed E-state index contributed by atoms with van der Waals surface area (Å²) in [5.74, 6) is -0.105. The van der Waals surface area contributed by atoms with Gasteiger partial charge in [-0.2, -0.15) is 0 Å². The van der Waals surface area contributed by atoms with Crippen LogP contribution in [0.3, 0.4) is 0 Å². The molecule has 0 aliphatic rings. The van der Waals surface area contributed by atoms with Crippen molar-refractivity contribution >= 4 is 23.2 Å². The van der Waals surface area contributed by atoms with Gasteiger partial charge < -0.3 is 10.6 Å². The molecular weight excluding hydrogens is 244 g/mol. The number of nitrogens with one attached hydrogen (secondary N) is 2. The fourth-order valence-electron chi connectivity index (χ4n) is 1.54. The van der Waals surface area contributed by atoms with Crippen molar-refractivity contribution in [3.8, 4) is 0 Å². The second-order valence-electron chi connectivity index (χ2n) is 5.07. The lowest BCUT2D eigenvalue weighted by Crippen LogP contribution is -2.48. The zero-order chi connectivity index (χ0) is 13.8. The van der Waals surface area contributed by atoms with Crippen LogP contribution in [-0.2, 0) is 10.2 Å². The summed E-state index contributed by atoms with van der Waals surface area (Å²) in [4.78, 5) is 12.2. The molecule has 3 nitrogen and oxygen atoms in total. The summed E-state index contributed by atoms with van der Waals surface area (Å²) in [6, 6.07) is 9.88. The van der Waals surface area contributed by atoms with E-state index in [2.05, 4.69) is 10.6 Å². The monoisotopic (exact) mass is 264 g/mol. The number of rotatable bonds is 3. The Morgan fingerprint density at radius 2 is 1.78 bits per heavy atom. The molecular formula is C14H20N2OS. The van der Waals surface area contributed by atoms with Crippen molar-refractivity contribution in [2.45, 2.75) is 39.2 Å². The van der Waals surface area contributed by atoms with Gasteiger partial charge in [-0.1, -0.05) is 30.3 Å². The van der Waals surface area contributed by atoms with Crippen LogP contribution in [0, 0.1) is 0 Å². The van der Waals surface area contributed by atoms with Crippen molar-refractivity contribution < 1.29 is 4.79 Å². The van der Waals surface area contributed by atoms with E-state index in [1.165, 1.54) is 0 Å². The summed E-state index contributed by atoms with van der Waals surface area (Å²) in [5, 5.41) is 6.10. The molecule has 0 atom stereocenters. The number of carbonyl (C=O) groups excluding carboxylic acids is 1. The first-order chi connectivity index (χ1) is 8.34. The highest BCUT2D eigenvalue weighted by molar-refractivity contribution is 7.80. The van der Waals surface area contributed by atoms with E-state index in [1.54, 1.807) is 0 Å². The van der Waals surface area contributed by atoms with Crippen LogP contribution in [0.15, 0.2) is 30.3 Å². The van der Waals surface area contributed by atoms with Crippen LogP contribution < -0.4 is 10.6 Å². The lowest BCUT2D eigenvalue weighted by atomic mass is 9.84. The smallest absolute Gasteiger partial charge is 0.236 e. The van der Waals surface area contributed by atoms with Gasteiger partial charge in [0.15, 0.2) is 5.11 Å². The third-order valence-corrected chi connectivity index (χ3v) is 2.93. The molecule has 0 aromatic heterocycles. The first-order valence-corrected chi connectivity index (χ1v) is 6.42. The number of carbonyl (C=O) groups is 1. The van der Waals surface area contributed by atoms with Crippen molar-refractivity contribution in [2.24, 2.45) is 0 Å². The Kier molecular flexibility index (Phi) is 4.84. The summed E-state index contributed by atoms with van der Waals surface area (Å²) in [7, 11) is 0. The maximum absolute atomic E-state index is 12.2. The molecule has 1 amide bonds. The number of hydrogen-bond donors (Lipinski definition) is 2. The first-order valence-electron chi connectivity index (χ1n) is 6.01. The Hall–Kier alpha value is -1.42. The van der Waals surface area contributed by atoms with Crippen LogP contribution in [0.25, 0.3) is 0 Å². The predicted octanol–water partition coefficient (Wildman–Crippen LogP) is 2.36. The fraction of sp³-hybridized carbons (Fsp3) is 0.429. The van der Waals surface area contributed by atoms with Gasteiger partial charge in [0, 0.05) is 6.04 Å². The minimum absolute atomic E-state index is 0.105. The average molecular weight is 264 g/mol. The van der Waals surface area contributed by atoms with Gasteiger partial charge in [-0.25, -0.2) is 0 Å². The van der Waals surface area contributed by atoms with Crippen LogP contribution in [0.4, 0.5) is 0 Å². The summed E-state index contributed by atoms with van der Waals surface area (Å²) >= 11 is 5.08. The molecule has 2 N–H and O–H groups in total. The van der Waals surface area contributed by atoms with Gasteiger partial charge in [0.05, 0.1) is 5.41 Å². The Morgan fingerprint density at radius 3 is 2.28 bits per heavy atom. The summed E-state index contributed by atoms with van der Waals surface area (Å²) in [6.45, 7) is 7.72. The van der Waals surface area contributed by atoms with E-state index in [-0.39, 0.29) is 11.9 Å². The molecule has 0 spiro atoms. The zero-order valence-electron chi connectivity index (χ0n) is 11.3. The van der Waals surface area contributed by atoms with Crippen molar-refractivity contribution in [1.29, 1.82) is 0 Å². The fourth-order valence-corrected chi connectivity index (χ4v) is 1.87. The van der Waals surface area contributed by atoms with Gasteiger partial charge in [0.1, 0.15) is 0 Å². The Morgan fingerprint density at radius 1 is 1.22 bits per heavy atom. The minimum atomic E-state index is -0.607. The average Bonchev–Trinajstić information content (AvgIpc) is 2.28. The maximum Gasteiger partial charge on any atom is 0.236 e. The van der Waals surface area contributed by atoms with Crippen molar-refractivity contribution in [3.63, 3.8) is 0 Å². The van der Waals surface area contributed by atoms with Gasteiger partial charge in [-0.05, 0) is 45.5 Å². The molecule has 18 heavy (non-hydrogen) atoms. The van der Waals surface area contributed by atoms with E-state index >= 15 is 0 Å². The molecule has 0 radical (unpaired) electrons. The molecule has 0 unspecified atom stereocenters. The van der Waals surface area contributed by atoms with Gasteiger partial charge in [-0.3, -0.25) is 4.79 Å². The first kappa shape index (κ1) is 14.6. The highest BCUT2D eigenvalue weighted by Crippen LogP contribution is 2.22. The third-order valence-electron chi connectivity index (χ3n) is 2.71. The number of thiocarbonyl (C=S) groups is 1. The van der Waals surface area contributed by atoms with Gasteiger partial charge in [0.25, 0.3) is 0 Å². The van der Waals surface area contributed by atoms with Crippen molar-refractivity contribution in [2.75, 3.05) is 0 Å². The molecule has 0 saturated carbocycles. The lowest BCUT2D eigenvalue weighted by molar-refractivity contribution is -0.124. The SMILES string of the molecule is CC(C)NC(=S)NC(=O)C(C)(C)c1ccccc1. The highest BCUT2D eigenvalue weighted by atomic mass is 32.1. The number of amides is 1. The van der Waals surface area contributed by atoms with E-state index in [9.17, 15) is 4.79 Å². The second-order valence-corrected chi connectivity index (χ2v) is 5.48. The quantitative estimate of drug-likeness (QED) is 0.824. The lowest BCUT2D eigenvalue weighted by Gasteiger charge is -2.25.